The van der Waals surface area contributed by atoms with Crippen molar-refractivity contribution in [2.45, 2.75) is 19.8 Å². The highest BCUT2D eigenvalue weighted by Crippen LogP contribution is 2.10. The van der Waals surface area contributed by atoms with Gasteiger partial charge in [-0.3, -0.25) is 5.10 Å². The molecular formula is C12H17N5. The number of aryl methyl sites for hydroxylation is 2. The Labute approximate surface area is 100 Å². The van der Waals surface area contributed by atoms with Crippen LogP contribution in [0.2, 0.25) is 0 Å². The summed E-state index contributed by atoms with van der Waals surface area (Å²) in [5.41, 5.74) is 9.04. The van der Waals surface area contributed by atoms with Crippen molar-refractivity contribution < 1.29 is 0 Å². The lowest BCUT2D eigenvalue weighted by molar-refractivity contribution is 0.857. The van der Waals surface area contributed by atoms with E-state index in [1.807, 2.05) is 25.3 Å². The molecule has 4 N–H and O–H groups in total. The molecule has 0 unspecified atom stereocenters. The van der Waals surface area contributed by atoms with E-state index in [1.54, 1.807) is 6.20 Å². The van der Waals surface area contributed by atoms with Gasteiger partial charge in [0, 0.05) is 30.2 Å². The average Bonchev–Trinajstić information content (AvgIpc) is 2.71. The Bertz CT molecular complexity index is 477. The Kier molecular flexibility index (Phi) is 3.59. The SMILES string of the molecule is Cc1[nH]ncc1CCCNc1ccnc(N)c1. The maximum atomic E-state index is 5.60. The number of H-pyrrole nitrogens is 1. The van der Waals surface area contributed by atoms with Crippen molar-refractivity contribution in [1.29, 1.82) is 0 Å². The minimum absolute atomic E-state index is 0.542. The third-order valence-corrected chi connectivity index (χ3v) is 2.67. The highest BCUT2D eigenvalue weighted by molar-refractivity contribution is 5.49. The van der Waals surface area contributed by atoms with Crippen molar-refractivity contribution in [2.75, 3.05) is 17.6 Å². The second-order valence-electron chi connectivity index (χ2n) is 4.02. The first-order chi connectivity index (χ1) is 8.25. The van der Waals surface area contributed by atoms with E-state index in [1.165, 1.54) is 5.56 Å². The van der Waals surface area contributed by atoms with E-state index in [0.717, 1.165) is 30.8 Å². The molecule has 2 aromatic heterocycles. The molecule has 0 aliphatic rings. The number of aromatic nitrogens is 3. The van der Waals surface area contributed by atoms with Crippen LogP contribution in [0.4, 0.5) is 11.5 Å². The third kappa shape index (κ3) is 3.21. The predicted octanol–water partition coefficient (Wildman–Crippen LogP) is 1.74. The minimum atomic E-state index is 0.542. The quantitative estimate of drug-likeness (QED) is 0.685. The zero-order valence-electron chi connectivity index (χ0n) is 9.90. The van der Waals surface area contributed by atoms with Crippen LogP contribution in [0.3, 0.4) is 0 Å². The number of rotatable bonds is 5. The van der Waals surface area contributed by atoms with Gasteiger partial charge in [0.1, 0.15) is 5.82 Å². The lowest BCUT2D eigenvalue weighted by atomic mass is 10.1. The van der Waals surface area contributed by atoms with Crippen molar-refractivity contribution >= 4 is 11.5 Å². The Morgan fingerprint density at radius 2 is 2.35 bits per heavy atom. The Balaban J connectivity index is 1.75. The van der Waals surface area contributed by atoms with Gasteiger partial charge < -0.3 is 11.1 Å². The highest BCUT2D eigenvalue weighted by atomic mass is 15.1. The largest absolute Gasteiger partial charge is 0.385 e. The van der Waals surface area contributed by atoms with Crippen LogP contribution in [-0.2, 0) is 6.42 Å². The van der Waals surface area contributed by atoms with Crippen LogP contribution in [-0.4, -0.2) is 21.7 Å². The summed E-state index contributed by atoms with van der Waals surface area (Å²) in [5.74, 6) is 0.542. The number of nitrogens with one attached hydrogen (secondary N) is 2. The van der Waals surface area contributed by atoms with E-state index in [2.05, 4.69) is 20.5 Å². The summed E-state index contributed by atoms with van der Waals surface area (Å²) in [4.78, 5) is 3.95. The van der Waals surface area contributed by atoms with Crippen LogP contribution < -0.4 is 11.1 Å². The fourth-order valence-electron chi connectivity index (χ4n) is 1.70. The molecule has 0 bridgehead atoms. The van der Waals surface area contributed by atoms with E-state index in [0.29, 0.717) is 5.82 Å². The van der Waals surface area contributed by atoms with Crippen molar-refractivity contribution in [2.24, 2.45) is 0 Å². The maximum absolute atomic E-state index is 5.60. The maximum Gasteiger partial charge on any atom is 0.125 e. The summed E-state index contributed by atoms with van der Waals surface area (Å²) in [6.45, 7) is 2.95. The van der Waals surface area contributed by atoms with Gasteiger partial charge in [-0.1, -0.05) is 0 Å². The smallest absolute Gasteiger partial charge is 0.125 e. The summed E-state index contributed by atoms with van der Waals surface area (Å²) >= 11 is 0. The second kappa shape index (κ2) is 5.34. The van der Waals surface area contributed by atoms with Gasteiger partial charge in [-0.05, 0) is 31.4 Å². The van der Waals surface area contributed by atoms with E-state index in [9.17, 15) is 0 Å². The number of aromatic amines is 1. The molecule has 0 amide bonds. The van der Waals surface area contributed by atoms with Crippen LogP contribution in [0.15, 0.2) is 24.5 Å². The molecule has 5 heteroatoms. The third-order valence-electron chi connectivity index (χ3n) is 2.67. The van der Waals surface area contributed by atoms with Gasteiger partial charge in [-0.2, -0.15) is 5.10 Å². The molecule has 5 nitrogen and oxygen atoms in total. The fourth-order valence-corrected chi connectivity index (χ4v) is 1.70. The minimum Gasteiger partial charge on any atom is -0.385 e. The molecule has 0 aliphatic heterocycles. The first kappa shape index (κ1) is 11.4. The lowest BCUT2D eigenvalue weighted by Crippen LogP contribution is -2.04. The lowest BCUT2D eigenvalue weighted by Gasteiger charge is -2.06. The molecule has 0 aliphatic carbocycles. The van der Waals surface area contributed by atoms with Crippen molar-refractivity contribution in [3.05, 3.63) is 35.8 Å². The standard InChI is InChI=1S/C12H17N5/c1-9-10(8-16-17-9)3-2-5-14-11-4-6-15-12(13)7-11/h4,6-8H,2-3,5H2,1H3,(H,16,17)(H3,13,14,15). The van der Waals surface area contributed by atoms with Gasteiger partial charge in [0.25, 0.3) is 0 Å². The number of nitrogens with zero attached hydrogens (tertiary/aromatic N) is 2. The van der Waals surface area contributed by atoms with Crippen LogP contribution >= 0.6 is 0 Å². The molecule has 0 fully saturated rings. The molecule has 0 saturated carbocycles. The van der Waals surface area contributed by atoms with E-state index in [-0.39, 0.29) is 0 Å². The number of hydrogen-bond donors (Lipinski definition) is 3. The Morgan fingerprint density at radius 3 is 3.06 bits per heavy atom. The summed E-state index contributed by atoms with van der Waals surface area (Å²) in [5, 5.41) is 10.3. The fraction of sp³-hybridized carbons (Fsp3) is 0.333. The van der Waals surface area contributed by atoms with E-state index in [4.69, 9.17) is 5.73 Å². The van der Waals surface area contributed by atoms with Crippen molar-refractivity contribution in [3.8, 4) is 0 Å². The van der Waals surface area contributed by atoms with Crippen LogP contribution in [0, 0.1) is 6.92 Å². The Hall–Kier alpha value is -2.04. The molecular weight excluding hydrogens is 214 g/mol. The average molecular weight is 231 g/mol. The van der Waals surface area contributed by atoms with Gasteiger partial charge in [0.05, 0.1) is 6.20 Å². The monoisotopic (exact) mass is 231 g/mol. The number of pyridine rings is 1. The molecule has 90 valence electrons. The molecule has 2 rings (SSSR count). The first-order valence-corrected chi connectivity index (χ1v) is 5.70. The molecule has 2 aromatic rings. The molecule has 0 saturated heterocycles. The molecule has 0 spiro atoms. The van der Waals surface area contributed by atoms with Crippen LogP contribution in [0.25, 0.3) is 0 Å². The second-order valence-corrected chi connectivity index (χ2v) is 4.02. The molecule has 0 atom stereocenters. The first-order valence-electron chi connectivity index (χ1n) is 5.70. The zero-order valence-corrected chi connectivity index (χ0v) is 9.90. The summed E-state index contributed by atoms with van der Waals surface area (Å²) in [6, 6.07) is 3.75. The summed E-state index contributed by atoms with van der Waals surface area (Å²) in [7, 11) is 0. The van der Waals surface area contributed by atoms with E-state index < -0.39 is 0 Å². The molecule has 17 heavy (non-hydrogen) atoms. The number of hydrogen-bond acceptors (Lipinski definition) is 4. The molecule has 2 heterocycles. The summed E-state index contributed by atoms with van der Waals surface area (Å²) in [6.07, 6.45) is 5.68. The van der Waals surface area contributed by atoms with Gasteiger partial charge >= 0.3 is 0 Å². The number of nitrogens with two attached hydrogens (primary N) is 1. The normalized spacial score (nSPS) is 10.4. The van der Waals surface area contributed by atoms with E-state index >= 15 is 0 Å². The van der Waals surface area contributed by atoms with Gasteiger partial charge in [0.2, 0.25) is 0 Å². The topological polar surface area (TPSA) is 79.6 Å². The Morgan fingerprint density at radius 1 is 1.47 bits per heavy atom. The highest BCUT2D eigenvalue weighted by Gasteiger charge is 1.99. The van der Waals surface area contributed by atoms with Gasteiger partial charge in [0.15, 0.2) is 0 Å². The van der Waals surface area contributed by atoms with Crippen LogP contribution in [0.1, 0.15) is 17.7 Å². The summed E-state index contributed by atoms with van der Waals surface area (Å²) < 4.78 is 0. The molecule has 0 aromatic carbocycles. The zero-order chi connectivity index (χ0) is 12.1. The predicted molar refractivity (Wildman–Crippen MR) is 68.8 cm³/mol. The van der Waals surface area contributed by atoms with Crippen molar-refractivity contribution in [3.63, 3.8) is 0 Å². The van der Waals surface area contributed by atoms with Crippen LogP contribution in [0.5, 0.6) is 0 Å². The number of anilines is 2. The van der Waals surface area contributed by atoms with Gasteiger partial charge in [-0.15, -0.1) is 0 Å². The van der Waals surface area contributed by atoms with Gasteiger partial charge in [-0.25, -0.2) is 4.98 Å². The number of nitrogen functional groups attached to an aromatic ring is 1. The molecule has 0 radical (unpaired) electrons. The van der Waals surface area contributed by atoms with Crippen molar-refractivity contribution in [1.82, 2.24) is 15.2 Å².